The highest BCUT2D eigenvalue weighted by Gasteiger charge is 2.22. The maximum Gasteiger partial charge on any atom is 0.326 e. The molecular formula is C11H13BrN2O4S. The van der Waals surface area contributed by atoms with Crippen molar-refractivity contribution in [1.29, 1.82) is 0 Å². The normalized spacial score (nSPS) is 11.9. The van der Waals surface area contributed by atoms with Gasteiger partial charge in [0.15, 0.2) is 0 Å². The van der Waals surface area contributed by atoms with Crippen molar-refractivity contribution >= 4 is 45.1 Å². The summed E-state index contributed by atoms with van der Waals surface area (Å²) in [5, 5.41) is 11.3. The van der Waals surface area contributed by atoms with Gasteiger partial charge in [-0.1, -0.05) is 0 Å². The van der Waals surface area contributed by atoms with Gasteiger partial charge in [0, 0.05) is 6.42 Å². The summed E-state index contributed by atoms with van der Waals surface area (Å²) in [5.74, 6) is -2.27. The Morgan fingerprint density at radius 3 is 2.58 bits per heavy atom. The van der Waals surface area contributed by atoms with Crippen LogP contribution in [0.15, 0.2) is 9.85 Å². The molecule has 0 aliphatic rings. The molecule has 104 valence electrons. The number of nitrogens with two attached hydrogens (primary N) is 1. The van der Waals surface area contributed by atoms with Crippen molar-refractivity contribution in [2.24, 2.45) is 5.73 Å². The van der Waals surface area contributed by atoms with Crippen molar-refractivity contribution in [1.82, 2.24) is 5.32 Å². The predicted molar refractivity (Wildman–Crippen MR) is 74.1 cm³/mol. The molecule has 1 rings (SSSR count). The van der Waals surface area contributed by atoms with E-state index in [1.807, 2.05) is 6.92 Å². The number of hydrogen-bond donors (Lipinski definition) is 3. The molecule has 19 heavy (non-hydrogen) atoms. The second-order valence-corrected chi connectivity index (χ2v) is 6.31. The minimum Gasteiger partial charge on any atom is -0.480 e. The number of carboxylic acids is 1. The Morgan fingerprint density at radius 2 is 2.16 bits per heavy atom. The van der Waals surface area contributed by atoms with Crippen molar-refractivity contribution < 1.29 is 19.5 Å². The van der Waals surface area contributed by atoms with Crippen molar-refractivity contribution in [2.45, 2.75) is 25.8 Å². The molecule has 0 saturated heterocycles. The second kappa shape index (κ2) is 6.67. The molecule has 0 fully saturated rings. The number of aliphatic carboxylic acids is 1. The van der Waals surface area contributed by atoms with Gasteiger partial charge in [-0.3, -0.25) is 9.59 Å². The van der Waals surface area contributed by atoms with E-state index in [-0.39, 0.29) is 12.8 Å². The molecule has 0 bridgehead atoms. The minimum absolute atomic E-state index is 0.0259. The molecule has 1 aromatic rings. The first kappa shape index (κ1) is 15.6. The number of thiophene rings is 1. The van der Waals surface area contributed by atoms with E-state index in [0.29, 0.717) is 4.88 Å². The van der Waals surface area contributed by atoms with Gasteiger partial charge in [-0.05, 0) is 40.9 Å². The third-order valence-corrected chi connectivity index (χ3v) is 4.50. The first-order valence-electron chi connectivity index (χ1n) is 5.39. The topological polar surface area (TPSA) is 109 Å². The molecule has 0 aliphatic carbocycles. The highest BCUT2D eigenvalue weighted by atomic mass is 79.9. The number of hydrogen-bond acceptors (Lipinski definition) is 4. The number of carbonyl (C=O) groups excluding carboxylic acids is 2. The van der Waals surface area contributed by atoms with E-state index in [1.54, 1.807) is 6.07 Å². The Hall–Kier alpha value is -1.41. The van der Waals surface area contributed by atoms with Crippen LogP contribution >= 0.6 is 27.3 Å². The third-order valence-electron chi connectivity index (χ3n) is 2.36. The van der Waals surface area contributed by atoms with Crippen LogP contribution < -0.4 is 11.1 Å². The first-order valence-corrected chi connectivity index (χ1v) is 7.00. The number of primary amides is 1. The molecule has 2 amide bonds. The number of rotatable bonds is 6. The number of aryl methyl sites for hydroxylation is 1. The standard InChI is InChI=1S/C11H13BrN2O4S/c1-5-4-7(19-9(5)12)10(16)14-6(11(17)18)2-3-8(13)15/h4,6H,2-3H2,1H3,(H2,13,15)(H,14,16)(H,17,18)/t6-/m1/s1. The van der Waals surface area contributed by atoms with E-state index < -0.39 is 23.8 Å². The fourth-order valence-corrected chi connectivity index (χ4v) is 2.78. The summed E-state index contributed by atoms with van der Waals surface area (Å²) < 4.78 is 0.821. The minimum atomic E-state index is -1.19. The highest BCUT2D eigenvalue weighted by molar-refractivity contribution is 9.11. The van der Waals surface area contributed by atoms with Crippen LogP contribution in [-0.4, -0.2) is 28.9 Å². The maximum atomic E-state index is 11.9. The van der Waals surface area contributed by atoms with E-state index in [0.717, 1.165) is 9.35 Å². The van der Waals surface area contributed by atoms with Gasteiger partial charge in [-0.25, -0.2) is 4.79 Å². The summed E-state index contributed by atoms with van der Waals surface area (Å²) in [7, 11) is 0. The Balaban J connectivity index is 2.71. The summed E-state index contributed by atoms with van der Waals surface area (Å²) in [6, 6.07) is 0.540. The zero-order valence-electron chi connectivity index (χ0n) is 10.1. The molecule has 1 aromatic heterocycles. The average molecular weight is 349 g/mol. The number of nitrogens with one attached hydrogen (secondary N) is 1. The van der Waals surface area contributed by atoms with Crippen LogP contribution in [0.1, 0.15) is 28.1 Å². The molecule has 0 aromatic carbocycles. The molecule has 0 aliphatic heterocycles. The summed E-state index contributed by atoms with van der Waals surface area (Å²) in [4.78, 5) is 33.9. The van der Waals surface area contributed by atoms with Crippen molar-refractivity contribution in [3.8, 4) is 0 Å². The first-order chi connectivity index (χ1) is 8.81. The predicted octanol–water partition coefficient (Wildman–Crippen LogP) is 1.27. The van der Waals surface area contributed by atoms with Gasteiger partial charge in [-0.15, -0.1) is 11.3 Å². The SMILES string of the molecule is Cc1cc(C(=O)N[C@H](CCC(N)=O)C(=O)O)sc1Br. The highest BCUT2D eigenvalue weighted by Crippen LogP contribution is 2.27. The summed E-state index contributed by atoms with van der Waals surface area (Å²) in [6.45, 7) is 1.83. The maximum absolute atomic E-state index is 11.9. The average Bonchev–Trinajstić information content (AvgIpc) is 2.64. The number of carbonyl (C=O) groups is 3. The summed E-state index contributed by atoms with van der Waals surface area (Å²) in [5.41, 5.74) is 5.86. The van der Waals surface area contributed by atoms with Gasteiger partial charge in [0.1, 0.15) is 6.04 Å². The van der Waals surface area contributed by atoms with Gasteiger partial charge in [0.25, 0.3) is 5.91 Å². The molecule has 0 unspecified atom stereocenters. The van der Waals surface area contributed by atoms with Crippen LogP contribution in [0.4, 0.5) is 0 Å². The lowest BCUT2D eigenvalue weighted by molar-refractivity contribution is -0.139. The molecule has 4 N–H and O–H groups in total. The summed E-state index contributed by atoms with van der Waals surface area (Å²) >= 11 is 4.51. The summed E-state index contributed by atoms with van der Waals surface area (Å²) in [6.07, 6.45) is -0.119. The Morgan fingerprint density at radius 1 is 1.53 bits per heavy atom. The Bertz CT molecular complexity index is 495. The lowest BCUT2D eigenvalue weighted by atomic mass is 10.1. The molecule has 8 heteroatoms. The van der Waals surface area contributed by atoms with Gasteiger partial charge >= 0.3 is 5.97 Å². The molecule has 0 spiro atoms. The van der Waals surface area contributed by atoms with E-state index in [2.05, 4.69) is 21.2 Å². The molecule has 1 atom stereocenters. The number of carboxylic acid groups (broad SMARTS) is 1. The Kier molecular flexibility index (Phi) is 5.49. The Labute approximate surface area is 122 Å². The van der Waals surface area contributed by atoms with Crippen LogP contribution in [0, 0.1) is 6.92 Å². The van der Waals surface area contributed by atoms with Crippen molar-refractivity contribution in [2.75, 3.05) is 0 Å². The number of halogens is 1. The van der Waals surface area contributed by atoms with Crippen LogP contribution in [0.2, 0.25) is 0 Å². The molecule has 1 heterocycles. The quantitative estimate of drug-likeness (QED) is 0.718. The van der Waals surface area contributed by atoms with Gasteiger partial charge < -0.3 is 16.2 Å². The largest absolute Gasteiger partial charge is 0.480 e. The van der Waals surface area contributed by atoms with Gasteiger partial charge in [-0.2, -0.15) is 0 Å². The molecular weight excluding hydrogens is 336 g/mol. The molecule has 0 saturated carbocycles. The zero-order chi connectivity index (χ0) is 14.6. The van der Waals surface area contributed by atoms with E-state index in [1.165, 1.54) is 11.3 Å². The molecule has 0 radical (unpaired) electrons. The third kappa shape index (κ3) is 4.64. The second-order valence-electron chi connectivity index (χ2n) is 3.94. The lowest BCUT2D eigenvalue weighted by Crippen LogP contribution is -2.41. The zero-order valence-corrected chi connectivity index (χ0v) is 12.5. The van der Waals surface area contributed by atoms with Crippen LogP contribution in [0.5, 0.6) is 0 Å². The van der Waals surface area contributed by atoms with E-state index in [9.17, 15) is 14.4 Å². The lowest BCUT2D eigenvalue weighted by Gasteiger charge is -2.12. The molecule has 6 nitrogen and oxygen atoms in total. The van der Waals surface area contributed by atoms with Crippen LogP contribution in [-0.2, 0) is 9.59 Å². The van der Waals surface area contributed by atoms with Crippen LogP contribution in [0.3, 0.4) is 0 Å². The van der Waals surface area contributed by atoms with E-state index >= 15 is 0 Å². The fourth-order valence-electron chi connectivity index (χ4n) is 1.35. The smallest absolute Gasteiger partial charge is 0.326 e. The van der Waals surface area contributed by atoms with Crippen molar-refractivity contribution in [3.05, 3.63) is 20.3 Å². The van der Waals surface area contributed by atoms with Crippen molar-refractivity contribution in [3.63, 3.8) is 0 Å². The van der Waals surface area contributed by atoms with E-state index in [4.69, 9.17) is 10.8 Å². The van der Waals surface area contributed by atoms with Gasteiger partial charge in [0.2, 0.25) is 5.91 Å². The van der Waals surface area contributed by atoms with Gasteiger partial charge in [0.05, 0.1) is 8.66 Å². The fraction of sp³-hybridized carbons (Fsp3) is 0.364. The monoisotopic (exact) mass is 348 g/mol. The van der Waals surface area contributed by atoms with Crippen LogP contribution in [0.25, 0.3) is 0 Å². The number of amides is 2.